The van der Waals surface area contributed by atoms with Gasteiger partial charge in [-0.15, -0.1) is 0 Å². The second-order valence-electron chi connectivity index (χ2n) is 4.36. The van der Waals surface area contributed by atoms with Gasteiger partial charge in [0.25, 0.3) is 0 Å². The van der Waals surface area contributed by atoms with Gasteiger partial charge in [-0.2, -0.15) is 12.6 Å². The fourth-order valence-electron chi connectivity index (χ4n) is 0.925. The van der Waals surface area contributed by atoms with Gasteiger partial charge in [0.15, 0.2) is 0 Å². The molecule has 102 valence electrons. The average Bonchev–Trinajstić information content (AvgIpc) is 2.24. The summed E-state index contributed by atoms with van der Waals surface area (Å²) in [4.78, 5) is 11.3. The molecule has 0 aromatic carbocycles. The molecule has 17 heavy (non-hydrogen) atoms. The number of nitrogens with one attached hydrogen (secondary N) is 2. The van der Waals surface area contributed by atoms with Crippen molar-refractivity contribution in [1.82, 2.24) is 10.6 Å². The molecule has 5 nitrogen and oxygen atoms in total. The molecule has 0 aromatic heterocycles. The van der Waals surface area contributed by atoms with Crippen molar-refractivity contribution in [2.75, 3.05) is 46.6 Å². The van der Waals surface area contributed by atoms with Gasteiger partial charge in [0.1, 0.15) is 6.61 Å². The molecular weight excluding hydrogens is 240 g/mol. The van der Waals surface area contributed by atoms with Gasteiger partial charge in [0, 0.05) is 17.8 Å². The number of thiol groups is 1. The van der Waals surface area contributed by atoms with Crippen LogP contribution in [-0.4, -0.2) is 57.2 Å². The number of carbonyl (C=O) groups excluding carboxylic acids is 1. The molecule has 0 heterocycles. The van der Waals surface area contributed by atoms with Crippen molar-refractivity contribution in [3.63, 3.8) is 0 Å². The quantitative estimate of drug-likeness (QED) is 0.386. The van der Waals surface area contributed by atoms with Gasteiger partial charge in [-0.3, -0.25) is 4.79 Å². The van der Waals surface area contributed by atoms with Crippen LogP contribution in [0.4, 0.5) is 0 Å². The average molecular weight is 264 g/mol. The largest absolute Gasteiger partial charge is 0.378 e. The second kappa shape index (κ2) is 9.70. The molecule has 0 fully saturated rings. The molecule has 0 saturated heterocycles. The smallest absolute Gasteiger partial charge is 0.246 e. The minimum absolute atomic E-state index is 0.0687. The standard InChI is InChI=1S/C11H24N2O3S/c1-11(2,17)9-13-10(14)8-16-7-6-15-5-4-12-3/h12,17H,4-9H2,1-3H3,(H,13,14). The zero-order valence-electron chi connectivity index (χ0n) is 10.9. The minimum atomic E-state index is -0.202. The van der Waals surface area contributed by atoms with Crippen LogP contribution in [0.2, 0.25) is 0 Å². The Morgan fingerprint density at radius 2 is 1.88 bits per heavy atom. The third kappa shape index (κ3) is 13.6. The third-order valence-electron chi connectivity index (χ3n) is 1.82. The Hall–Kier alpha value is -0.300. The van der Waals surface area contributed by atoms with Crippen LogP contribution in [-0.2, 0) is 14.3 Å². The normalized spacial score (nSPS) is 11.5. The maximum atomic E-state index is 11.3. The van der Waals surface area contributed by atoms with Crippen molar-refractivity contribution in [3.8, 4) is 0 Å². The summed E-state index contributed by atoms with van der Waals surface area (Å²) >= 11 is 4.30. The van der Waals surface area contributed by atoms with E-state index in [1.54, 1.807) is 0 Å². The highest BCUT2D eigenvalue weighted by Gasteiger charge is 2.12. The zero-order valence-corrected chi connectivity index (χ0v) is 11.8. The van der Waals surface area contributed by atoms with Gasteiger partial charge in [-0.25, -0.2) is 0 Å². The number of amides is 1. The van der Waals surface area contributed by atoms with Crippen LogP contribution in [0.3, 0.4) is 0 Å². The summed E-state index contributed by atoms with van der Waals surface area (Å²) in [5, 5.41) is 5.71. The summed E-state index contributed by atoms with van der Waals surface area (Å²) in [7, 11) is 1.87. The lowest BCUT2D eigenvalue weighted by Crippen LogP contribution is -2.37. The van der Waals surface area contributed by atoms with E-state index in [0.29, 0.717) is 26.4 Å². The van der Waals surface area contributed by atoms with Crippen LogP contribution in [0, 0.1) is 0 Å². The first-order valence-corrected chi connectivity index (χ1v) is 6.19. The summed E-state index contributed by atoms with van der Waals surface area (Å²) in [6.07, 6.45) is 0. The molecule has 0 atom stereocenters. The first-order chi connectivity index (χ1) is 7.95. The Morgan fingerprint density at radius 1 is 1.24 bits per heavy atom. The first-order valence-electron chi connectivity index (χ1n) is 5.75. The molecule has 0 aliphatic rings. The van der Waals surface area contributed by atoms with E-state index in [1.165, 1.54) is 0 Å². The Balaban J connectivity index is 3.28. The Morgan fingerprint density at radius 3 is 2.47 bits per heavy atom. The van der Waals surface area contributed by atoms with Crippen LogP contribution in [0.5, 0.6) is 0 Å². The van der Waals surface area contributed by atoms with E-state index in [1.807, 2.05) is 20.9 Å². The Bertz CT molecular complexity index is 207. The zero-order chi connectivity index (χ0) is 13.1. The monoisotopic (exact) mass is 264 g/mol. The maximum Gasteiger partial charge on any atom is 0.246 e. The number of hydrogen-bond donors (Lipinski definition) is 3. The number of likely N-dealkylation sites (N-methyl/N-ethyl adjacent to an activating group) is 1. The lowest BCUT2D eigenvalue weighted by Gasteiger charge is -2.17. The van der Waals surface area contributed by atoms with Gasteiger partial charge in [-0.05, 0) is 20.9 Å². The van der Waals surface area contributed by atoms with E-state index < -0.39 is 0 Å². The van der Waals surface area contributed by atoms with Crippen molar-refractivity contribution in [1.29, 1.82) is 0 Å². The number of hydrogen-bond acceptors (Lipinski definition) is 5. The number of carbonyl (C=O) groups is 1. The summed E-state index contributed by atoms with van der Waals surface area (Å²) in [5.41, 5.74) is 0. The molecule has 1 amide bonds. The summed E-state index contributed by atoms with van der Waals surface area (Å²) < 4.78 is 10.2. The highest BCUT2D eigenvalue weighted by Crippen LogP contribution is 2.08. The highest BCUT2D eigenvalue weighted by atomic mass is 32.1. The van der Waals surface area contributed by atoms with Crippen LogP contribution in [0.1, 0.15) is 13.8 Å². The van der Waals surface area contributed by atoms with Crippen LogP contribution >= 0.6 is 12.6 Å². The number of rotatable bonds is 10. The molecule has 0 unspecified atom stereocenters. The van der Waals surface area contributed by atoms with Gasteiger partial charge in [-0.1, -0.05) is 0 Å². The predicted octanol–water partition coefficient (Wildman–Crippen LogP) is 0.0636. The van der Waals surface area contributed by atoms with E-state index in [2.05, 4.69) is 23.3 Å². The van der Waals surface area contributed by atoms with Crippen molar-refractivity contribution >= 4 is 18.5 Å². The topological polar surface area (TPSA) is 59.6 Å². The van der Waals surface area contributed by atoms with Gasteiger partial charge in [0.2, 0.25) is 5.91 Å². The van der Waals surface area contributed by atoms with Crippen molar-refractivity contribution in [2.45, 2.75) is 18.6 Å². The van der Waals surface area contributed by atoms with E-state index in [0.717, 1.165) is 6.54 Å². The Kier molecular flexibility index (Phi) is 9.53. The molecule has 0 aromatic rings. The van der Waals surface area contributed by atoms with Gasteiger partial charge < -0.3 is 20.1 Å². The SMILES string of the molecule is CNCCOCCOCC(=O)NCC(C)(C)S. The molecule has 0 bridgehead atoms. The minimum Gasteiger partial charge on any atom is -0.378 e. The summed E-state index contributed by atoms with van der Waals surface area (Å²) in [5.74, 6) is -0.123. The first kappa shape index (κ1) is 16.7. The molecule has 0 rings (SSSR count). The van der Waals surface area contributed by atoms with Crippen LogP contribution < -0.4 is 10.6 Å². The molecule has 6 heteroatoms. The van der Waals surface area contributed by atoms with Gasteiger partial charge >= 0.3 is 0 Å². The van der Waals surface area contributed by atoms with Crippen molar-refractivity contribution in [2.24, 2.45) is 0 Å². The van der Waals surface area contributed by atoms with Crippen LogP contribution in [0.25, 0.3) is 0 Å². The second-order valence-corrected chi connectivity index (χ2v) is 5.57. The molecule has 0 saturated carbocycles. The lowest BCUT2D eigenvalue weighted by atomic mass is 10.2. The highest BCUT2D eigenvalue weighted by molar-refractivity contribution is 7.81. The van der Waals surface area contributed by atoms with Crippen LogP contribution in [0.15, 0.2) is 0 Å². The van der Waals surface area contributed by atoms with Gasteiger partial charge in [0.05, 0.1) is 19.8 Å². The van der Waals surface area contributed by atoms with E-state index in [-0.39, 0.29) is 17.3 Å². The fraction of sp³-hybridized carbons (Fsp3) is 0.909. The molecule has 0 spiro atoms. The molecule has 2 N–H and O–H groups in total. The van der Waals surface area contributed by atoms with Crippen molar-refractivity contribution < 1.29 is 14.3 Å². The predicted molar refractivity (Wildman–Crippen MR) is 71.6 cm³/mol. The molecular formula is C11H24N2O3S. The fourth-order valence-corrected chi connectivity index (χ4v) is 1.00. The van der Waals surface area contributed by atoms with E-state index >= 15 is 0 Å². The Labute approximate surface area is 109 Å². The molecule has 0 aliphatic heterocycles. The lowest BCUT2D eigenvalue weighted by molar-refractivity contribution is -0.126. The molecule has 0 radical (unpaired) electrons. The summed E-state index contributed by atoms with van der Waals surface area (Å²) in [6, 6.07) is 0. The number of ether oxygens (including phenoxy) is 2. The summed E-state index contributed by atoms with van der Waals surface area (Å²) in [6.45, 7) is 6.88. The molecule has 0 aliphatic carbocycles. The van der Waals surface area contributed by atoms with Crippen molar-refractivity contribution in [3.05, 3.63) is 0 Å². The van der Waals surface area contributed by atoms with E-state index in [9.17, 15) is 4.79 Å². The maximum absolute atomic E-state index is 11.3. The van der Waals surface area contributed by atoms with E-state index in [4.69, 9.17) is 9.47 Å². The third-order valence-corrected chi connectivity index (χ3v) is 1.98.